The molecule has 1 aromatic carbocycles. The summed E-state index contributed by atoms with van der Waals surface area (Å²) in [5, 5.41) is 6.57. The van der Waals surface area contributed by atoms with Crippen LogP contribution in [0.5, 0.6) is 0 Å². The summed E-state index contributed by atoms with van der Waals surface area (Å²) >= 11 is 18.3. The van der Waals surface area contributed by atoms with Gasteiger partial charge >= 0.3 is 0 Å². The minimum Gasteiger partial charge on any atom is -0.378 e. The number of morpholine rings is 1. The Balaban J connectivity index is 1.52. The zero-order valence-corrected chi connectivity index (χ0v) is 20.3. The monoisotopic (exact) mass is 499 g/mol. The molecule has 32 heavy (non-hydrogen) atoms. The van der Waals surface area contributed by atoms with E-state index in [0.717, 1.165) is 44.0 Å². The first-order valence-corrected chi connectivity index (χ1v) is 12.0. The van der Waals surface area contributed by atoms with Crippen molar-refractivity contribution in [1.82, 2.24) is 19.9 Å². The number of halogens is 3. The van der Waals surface area contributed by atoms with Crippen LogP contribution >= 0.6 is 34.8 Å². The molecule has 0 radical (unpaired) electrons. The van der Waals surface area contributed by atoms with E-state index in [9.17, 15) is 0 Å². The summed E-state index contributed by atoms with van der Waals surface area (Å²) in [6.45, 7) is 4.89. The summed E-state index contributed by atoms with van der Waals surface area (Å²) in [4.78, 5) is 17.9. The third kappa shape index (κ3) is 6.05. The molecule has 2 aromatic rings. The highest BCUT2D eigenvalue weighted by atomic mass is 35.6. The van der Waals surface area contributed by atoms with Crippen molar-refractivity contribution in [3.8, 4) is 0 Å². The van der Waals surface area contributed by atoms with Crippen molar-refractivity contribution in [3.05, 3.63) is 30.1 Å². The molecule has 174 valence electrons. The van der Waals surface area contributed by atoms with Crippen molar-refractivity contribution >= 4 is 58.1 Å². The van der Waals surface area contributed by atoms with Crippen LogP contribution < -0.4 is 15.5 Å². The average molecular weight is 501 g/mol. The third-order valence-electron chi connectivity index (χ3n) is 5.82. The molecule has 0 saturated carbocycles. The Labute approximate surface area is 203 Å². The van der Waals surface area contributed by atoms with Crippen LogP contribution in [-0.2, 0) is 8.53 Å². The van der Waals surface area contributed by atoms with E-state index in [1.807, 2.05) is 18.2 Å². The number of aromatic nitrogens is 3. The molecule has 1 atom stereocenters. The zero-order chi connectivity index (χ0) is 22.6. The number of hydrogen-bond donors (Lipinski definition) is 2. The van der Waals surface area contributed by atoms with Gasteiger partial charge in [0.1, 0.15) is 0 Å². The van der Waals surface area contributed by atoms with Crippen LogP contribution in [0.1, 0.15) is 25.1 Å². The Kier molecular flexibility index (Phi) is 7.78. The standard InChI is InChI=1S/C21H28Cl3N7O/c1-30-10-4-5-15(30)8-9-25-19-27-18(21(22,23)24)28-20(29-19)26-16-6-2-3-7-17(16)31-11-13-32-14-12-31/h2-3,6-7,15H,4-5,8-14H2,1H3,(H2,25,26,27,28,29). The van der Waals surface area contributed by atoms with Gasteiger partial charge in [0.25, 0.3) is 0 Å². The van der Waals surface area contributed by atoms with E-state index in [-0.39, 0.29) is 5.82 Å². The fraction of sp³-hybridized carbons (Fsp3) is 0.571. The molecule has 2 fully saturated rings. The van der Waals surface area contributed by atoms with Crippen LogP contribution in [0.15, 0.2) is 24.3 Å². The predicted molar refractivity (Wildman–Crippen MR) is 131 cm³/mol. The van der Waals surface area contributed by atoms with E-state index in [0.29, 0.717) is 31.2 Å². The first-order chi connectivity index (χ1) is 15.4. The number of rotatable bonds is 7. The van der Waals surface area contributed by atoms with E-state index < -0.39 is 3.79 Å². The number of hydrogen-bond acceptors (Lipinski definition) is 8. The summed E-state index contributed by atoms with van der Waals surface area (Å²) < 4.78 is 3.72. The number of ether oxygens (including phenoxy) is 1. The summed E-state index contributed by atoms with van der Waals surface area (Å²) in [5.41, 5.74) is 1.92. The lowest BCUT2D eigenvalue weighted by molar-refractivity contribution is 0.123. The molecule has 8 nitrogen and oxygen atoms in total. The maximum absolute atomic E-state index is 6.11. The molecule has 1 unspecified atom stereocenters. The molecular formula is C21H28Cl3N7O. The van der Waals surface area contributed by atoms with Gasteiger partial charge in [-0.25, -0.2) is 0 Å². The number of nitrogens with zero attached hydrogens (tertiary/aromatic N) is 5. The van der Waals surface area contributed by atoms with Gasteiger partial charge < -0.3 is 25.2 Å². The number of alkyl halides is 3. The highest BCUT2D eigenvalue weighted by Crippen LogP contribution is 2.37. The lowest BCUT2D eigenvalue weighted by atomic mass is 10.1. The maximum Gasteiger partial charge on any atom is 0.250 e. The molecule has 2 aliphatic heterocycles. The molecule has 0 aliphatic carbocycles. The normalized spacial score (nSPS) is 19.9. The quantitative estimate of drug-likeness (QED) is 0.548. The molecule has 2 aliphatic rings. The minimum absolute atomic E-state index is 0.0735. The van der Waals surface area contributed by atoms with Crippen molar-refractivity contribution < 1.29 is 4.74 Å². The SMILES string of the molecule is CN1CCCC1CCNc1nc(Nc2ccccc2N2CCOCC2)nc(C(Cl)(Cl)Cl)n1. The maximum atomic E-state index is 6.11. The molecule has 0 amide bonds. The van der Waals surface area contributed by atoms with Crippen LogP contribution in [0.3, 0.4) is 0 Å². The molecule has 1 aromatic heterocycles. The highest BCUT2D eigenvalue weighted by molar-refractivity contribution is 6.66. The Hall–Kier alpha value is -1.58. The van der Waals surface area contributed by atoms with Crippen molar-refractivity contribution in [2.45, 2.75) is 29.1 Å². The summed E-state index contributed by atoms with van der Waals surface area (Å²) in [7, 11) is 2.16. The molecule has 3 heterocycles. The van der Waals surface area contributed by atoms with Crippen LogP contribution in [0.25, 0.3) is 0 Å². The number of para-hydroxylation sites is 2. The molecule has 11 heteroatoms. The highest BCUT2D eigenvalue weighted by Gasteiger charge is 2.29. The van der Waals surface area contributed by atoms with Gasteiger partial charge in [-0.1, -0.05) is 46.9 Å². The second-order valence-corrected chi connectivity index (χ2v) is 10.3. The fourth-order valence-corrected chi connectivity index (χ4v) is 4.37. The van der Waals surface area contributed by atoms with Crippen LogP contribution in [0.4, 0.5) is 23.3 Å². The smallest absolute Gasteiger partial charge is 0.250 e. The van der Waals surface area contributed by atoms with Crippen molar-refractivity contribution in [2.24, 2.45) is 0 Å². The number of anilines is 4. The summed E-state index contributed by atoms with van der Waals surface area (Å²) in [5.74, 6) is 0.778. The summed E-state index contributed by atoms with van der Waals surface area (Å²) in [6.07, 6.45) is 3.44. The van der Waals surface area contributed by atoms with E-state index in [1.54, 1.807) is 0 Å². The largest absolute Gasteiger partial charge is 0.378 e. The molecule has 2 N–H and O–H groups in total. The molecule has 4 rings (SSSR count). The van der Waals surface area contributed by atoms with Gasteiger partial charge in [0, 0.05) is 25.7 Å². The predicted octanol–water partition coefficient (Wildman–Crippen LogP) is 4.17. The minimum atomic E-state index is -1.76. The van der Waals surface area contributed by atoms with Gasteiger partial charge in [-0.3, -0.25) is 0 Å². The van der Waals surface area contributed by atoms with Gasteiger partial charge in [0.05, 0.1) is 24.6 Å². The average Bonchev–Trinajstić information content (AvgIpc) is 3.19. The van der Waals surface area contributed by atoms with Gasteiger partial charge in [-0.05, 0) is 45.0 Å². The Bertz CT molecular complexity index is 905. The van der Waals surface area contributed by atoms with Crippen LogP contribution in [0, 0.1) is 0 Å². The van der Waals surface area contributed by atoms with E-state index in [1.165, 1.54) is 12.8 Å². The first kappa shape index (κ1) is 23.6. The fourth-order valence-electron chi connectivity index (χ4n) is 4.11. The van der Waals surface area contributed by atoms with Gasteiger partial charge in [0.2, 0.25) is 15.7 Å². The lowest BCUT2D eigenvalue weighted by Crippen LogP contribution is -2.36. The molecule has 0 spiro atoms. The van der Waals surface area contributed by atoms with Crippen molar-refractivity contribution in [3.63, 3.8) is 0 Å². The topological polar surface area (TPSA) is 78.4 Å². The van der Waals surface area contributed by atoms with Crippen molar-refractivity contribution in [1.29, 1.82) is 0 Å². The molecular weight excluding hydrogens is 473 g/mol. The van der Waals surface area contributed by atoms with Crippen LogP contribution in [0.2, 0.25) is 0 Å². The third-order valence-corrected chi connectivity index (χ3v) is 6.33. The second kappa shape index (κ2) is 10.6. The second-order valence-electron chi connectivity index (χ2n) is 8.04. The number of nitrogens with one attached hydrogen (secondary N) is 2. The zero-order valence-electron chi connectivity index (χ0n) is 18.0. The Morgan fingerprint density at radius 1 is 1.06 bits per heavy atom. The molecule has 0 bridgehead atoms. The van der Waals surface area contributed by atoms with Gasteiger partial charge in [0.15, 0.2) is 5.82 Å². The van der Waals surface area contributed by atoms with Crippen molar-refractivity contribution in [2.75, 3.05) is 62.0 Å². The first-order valence-electron chi connectivity index (χ1n) is 10.9. The Morgan fingerprint density at radius 3 is 2.53 bits per heavy atom. The number of likely N-dealkylation sites (tertiary alicyclic amines) is 1. The molecule has 2 saturated heterocycles. The van der Waals surface area contributed by atoms with E-state index >= 15 is 0 Å². The number of benzene rings is 1. The van der Waals surface area contributed by atoms with E-state index in [4.69, 9.17) is 39.5 Å². The van der Waals surface area contributed by atoms with Gasteiger partial charge in [-0.2, -0.15) is 15.0 Å². The summed E-state index contributed by atoms with van der Waals surface area (Å²) in [6, 6.07) is 8.56. The van der Waals surface area contributed by atoms with Gasteiger partial charge in [-0.15, -0.1) is 0 Å². The lowest BCUT2D eigenvalue weighted by Gasteiger charge is -2.30. The Morgan fingerprint density at radius 2 is 1.81 bits per heavy atom. The van der Waals surface area contributed by atoms with E-state index in [2.05, 4.69) is 48.5 Å². The van der Waals surface area contributed by atoms with Crippen LogP contribution in [-0.4, -0.2) is 72.3 Å².